The number of hydrogen-bond acceptors (Lipinski definition) is 4. The van der Waals surface area contributed by atoms with Crippen LogP contribution in [0.25, 0.3) is 0 Å². The molecule has 0 bridgehead atoms. The predicted molar refractivity (Wildman–Crippen MR) is 59.4 cm³/mol. The number of carbonyl (C=O) groups is 1. The van der Waals surface area contributed by atoms with Crippen LogP contribution in [0.3, 0.4) is 0 Å². The number of hydrogen-bond donors (Lipinski definition) is 1. The molecule has 1 heterocycles. The molecule has 0 aromatic carbocycles. The third kappa shape index (κ3) is 3.18. The zero-order valence-corrected chi connectivity index (χ0v) is 9.90. The summed E-state index contributed by atoms with van der Waals surface area (Å²) in [4.78, 5) is 13.7. The number of rotatable bonds is 3. The smallest absolute Gasteiger partial charge is 0.323 e. The van der Waals surface area contributed by atoms with Gasteiger partial charge in [-0.2, -0.15) is 0 Å². The van der Waals surface area contributed by atoms with Gasteiger partial charge in [0.15, 0.2) is 0 Å². The SMILES string of the molecule is CCOC(=O)C(C)N1CCC(N)C(C)C1. The van der Waals surface area contributed by atoms with E-state index in [1.165, 1.54) is 0 Å². The second-order valence-electron chi connectivity index (χ2n) is 4.35. The third-order valence-electron chi connectivity index (χ3n) is 3.18. The molecule has 4 heteroatoms. The number of likely N-dealkylation sites (tertiary alicyclic amines) is 1. The second-order valence-corrected chi connectivity index (χ2v) is 4.35. The highest BCUT2D eigenvalue weighted by Gasteiger charge is 2.29. The van der Waals surface area contributed by atoms with Gasteiger partial charge < -0.3 is 10.5 Å². The molecule has 0 aliphatic carbocycles. The van der Waals surface area contributed by atoms with Crippen LogP contribution in [0, 0.1) is 5.92 Å². The summed E-state index contributed by atoms with van der Waals surface area (Å²) in [6.07, 6.45) is 0.963. The Morgan fingerprint density at radius 3 is 2.87 bits per heavy atom. The van der Waals surface area contributed by atoms with Crippen LogP contribution in [0.2, 0.25) is 0 Å². The molecule has 1 saturated heterocycles. The van der Waals surface area contributed by atoms with E-state index >= 15 is 0 Å². The summed E-state index contributed by atoms with van der Waals surface area (Å²) in [5, 5.41) is 0. The summed E-state index contributed by atoms with van der Waals surface area (Å²) < 4.78 is 5.01. The van der Waals surface area contributed by atoms with E-state index in [1.54, 1.807) is 0 Å². The number of ether oxygens (including phenoxy) is 1. The van der Waals surface area contributed by atoms with Gasteiger partial charge >= 0.3 is 5.97 Å². The van der Waals surface area contributed by atoms with Crippen molar-refractivity contribution in [2.45, 2.75) is 39.3 Å². The van der Waals surface area contributed by atoms with Gasteiger partial charge in [-0.25, -0.2) is 0 Å². The van der Waals surface area contributed by atoms with Crippen molar-refractivity contribution in [3.8, 4) is 0 Å². The van der Waals surface area contributed by atoms with E-state index in [1.807, 2.05) is 13.8 Å². The first-order valence-electron chi connectivity index (χ1n) is 5.72. The maximum absolute atomic E-state index is 11.5. The van der Waals surface area contributed by atoms with E-state index in [2.05, 4.69) is 11.8 Å². The van der Waals surface area contributed by atoms with Crippen molar-refractivity contribution in [3.63, 3.8) is 0 Å². The first-order chi connectivity index (χ1) is 7.06. The van der Waals surface area contributed by atoms with Crippen molar-refractivity contribution < 1.29 is 9.53 Å². The second kappa shape index (κ2) is 5.47. The summed E-state index contributed by atoms with van der Waals surface area (Å²) in [6, 6.07) is 0.135. The van der Waals surface area contributed by atoms with Gasteiger partial charge in [0.1, 0.15) is 6.04 Å². The Balaban J connectivity index is 2.46. The first kappa shape index (κ1) is 12.5. The van der Waals surface area contributed by atoms with Crippen molar-refractivity contribution in [2.24, 2.45) is 11.7 Å². The van der Waals surface area contributed by atoms with Crippen molar-refractivity contribution in [1.29, 1.82) is 0 Å². The molecule has 4 nitrogen and oxygen atoms in total. The molecule has 1 rings (SSSR count). The Morgan fingerprint density at radius 2 is 2.33 bits per heavy atom. The molecule has 3 unspecified atom stereocenters. The molecule has 2 N–H and O–H groups in total. The minimum atomic E-state index is -0.139. The van der Waals surface area contributed by atoms with Gasteiger partial charge in [0.2, 0.25) is 0 Å². The molecule has 0 spiro atoms. The molecule has 0 aromatic heterocycles. The van der Waals surface area contributed by atoms with Crippen molar-refractivity contribution in [2.75, 3.05) is 19.7 Å². The van der Waals surface area contributed by atoms with Crippen LogP contribution in [-0.4, -0.2) is 42.6 Å². The average Bonchev–Trinajstić information content (AvgIpc) is 2.21. The Hall–Kier alpha value is -0.610. The molecule has 1 aliphatic heterocycles. The highest BCUT2D eigenvalue weighted by atomic mass is 16.5. The first-order valence-corrected chi connectivity index (χ1v) is 5.72. The standard InChI is InChI=1S/C11H22N2O2/c1-4-15-11(14)9(3)13-6-5-10(12)8(2)7-13/h8-10H,4-7,12H2,1-3H3. The number of esters is 1. The maximum atomic E-state index is 11.5. The fourth-order valence-electron chi connectivity index (χ4n) is 1.96. The zero-order valence-electron chi connectivity index (χ0n) is 9.90. The van der Waals surface area contributed by atoms with Gasteiger partial charge in [0, 0.05) is 19.1 Å². The highest BCUT2D eigenvalue weighted by Crippen LogP contribution is 2.17. The Morgan fingerprint density at radius 1 is 1.67 bits per heavy atom. The summed E-state index contributed by atoms with van der Waals surface area (Å²) in [5.74, 6) is 0.329. The van der Waals surface area contributed by atoms with E-state index < -0.39 is 0 Å². The fraction of sp³-hybridized carbons (Fsp3) is 0.909. The number of nitrogens with two attached hydrogens (primary N) is 1. The Kier molecular flexibility index (Phi) is 4.54. The lowest BCUT2D eigenvalue weighted by molar-refractivity contribution is -0.149. The monoisotopic (exact) mass is 214 g/mol. The van der Waals surface area contributed by atoms with E-state index in [0.717, 1.165) is 19.5 Å². The molecule has 88 valence electrons. The zero-order chi connectivity index (χ0) is 11.4. The van der Waals surface area contributed by atoms with Gasteiger partial charge in [-0.1, -0.05) is 6.92 Å². The van der Waals surface area contributed by atoms with Crippen LogP contribution in [0.4, 0.5) is 0 Å². The molecular formula is C11H22N2O2. The summed E-state index contributed by atoms with van der Waals surface area (Å²) >= 11 is 0. The van der Waals surface area contributed by atoms with Gasteiger partial charge in [0.05, 0.1) is 6.61 Å². The predicted octanol–water partition coefficient (Wildman–Crippen LogP) is 0.607. The van der Waals surface area contributed by atoms with Crippen LogP contribution in [0.5, 0.6) is 0 Å². The number of piperidine rings is 1. The van der Waals surface area contributed by atoms with Crippen molar-refractivity contribution >= 4 is 5.97 Å². The molecular weight excluding hydrogens is 192 g/mol. The van der Waals surface area contributed by atoms with Gasteiger partial charge in [-0.15, -0.1) is 0 Å². The highest BCUT2D eigenvalue weighted by molar-refractivity contribution is 5.75. The van der Waals surface area contributed by atoms with Crippen LogP contribution < -0.4 is 5.73 Å². The average molecular weight is 214 g/mol. The molecule has 1 fully saturated rings. The van der Waals surface area contributed by atoms with Gasteiger partial charge in [-0.05, 0) is 26.2 Å². The molecule has 3 atom stereocenters. The molecule has 1 aliphatic rings. The minimum absolute atomic E-state index is 0.125. The third-order valence-corrected chi connectivity index (χ3v) is 3.18. The van der Waals surface area contributed by atoms with E-state index in [-0.39, 0.29) is 18.1 Å². The summed E-state index contributed by atoms with van der Waals surface area (Å²) in [5.41, 5.74) is 5.93. The fourth-order valence-corrected chi connectivity index (χ4v) is 1.96. The normalized spacial score (nSPS) is 29.9. The quantitative estimate of drug-likeness (QED) is 0.699. The van der Waals surface area contributed by atoms with Gasteiger partial charge in [0.25, 0.3) is 0 Å². The lowest BCUT2D eigenvalue weighted by Crippen LogP contribution is -2.51. The Labute approximate surface area is 91.8 Å². The number of nitrogens with zero attached hydrogens (tertiary/aromatic N) is 1. The van der Waals surface area contributed by atoms with E-state index in [0.29, 0.717) is 12.5 Å². The van der Waals surface area contributed by atoms with Crippen LogP contribution in [-0.2, 0) is 9.53 Å². The lowest BCUT2D eigenvalue weighted by Gasteiger charge is -2.37. The largest absolute Gasteiger partial charge is 0.465 e. The molecule has 0 radical (unpaired) electrons. The van der Waals surface area contributed by atoms with Gasteiger partial charge in [-0.3, -0.25) is 9.69 Å². The minimum Gasteiger partial charge on any atom is -0.465 e. The summed E-state index contributed by atoms with van der Waals surface area (Å²) in [6.45, 7) is 8.11. The van der Waals surface area contributed by atoms with E-state index in [4.69, 9.17) is 10.5 Å². The Bertz CT molecular complexity index is 221. The number of carbonyl (C=O) groups excluding carboxylic acids is 1. The van der Waals surface area contributed by atoms with Crippen LogP contribution in [0.1, 0.15) is 27.2 Å². The molecule has 15 heavy (non-hydrogen) atoms. The van der Waals surface area contributed by atoms with Crippen LogP contribution in [0.15, 0.2) is 0 Å². The lowest BCUT2D eigenvalue weighted by atomic mass is 9.94. The van der Waals surface area contributed by atoms with Crippen molar-refractivity contribution in [3.05, 3.63) is 0 Å². The molecule has 0 amide bonds. The van der Waals surface area contributed by atoms with Crippen LogP contribution >= 0.6 is 0 Å². The molecule has 0 saturated carbocycles. The maximum Gasteiger partial charge on any atom is 0.323 e. The summed E-state index contributed by atoms with van der Waals surface area (Å²) in [7, 11) is 0. The molecule has 0 aromatic rings. The van der Waals surface area contributed by atoms with Crippen molar-refractivity contribution in [1.82, 2.24) is 4.90 Å². The topological polar surface area (TPSA) is 55.6 Å². The van der Waals surface area contributed by atoms with E-state index in [9.17, 15) is 4.79 Å².